The van der Waals surface area contributed by atoms with E-state index in [1.54, 1.807) is 18.2 Å². The number of anilines is 1. The molecule has 3 aromatic carbocycles. The lowest BCUT2D eigenvalue weighted by molar-refractivity contribution is -0.145. The Morgan fingerprint density at radius 1 is 1.05 bits per heavy atom. The molecule has 10 heteroatoms. The van der Waals surface area contributed by atoms with Gasteiger partial charge in [0.2, 0.25) is 0 Å². The monoisotopic (exact) mass is 640 g/mol. The molecular weight excluding hydrogens is 604 g/mol. The molecule has 8 nitrogen and oxygen atoms in total. The topological polar surface area (TPSA) is 114 Å². The molecule has 0 aliphatic carbocycles. The second-order valence-corrected chi connectivity index (χ2v) is 13.2. The van der Waals surface area contributed by atoms with Crippen molar-refractivity contribution >= 4 is 45.3 Å². The van der Waals surface area contributed by atoms with Crippen LogP contribution in [-0.4, -0.2) is 62.1 Å². The third-order valence-corrected chi connectivity index (χ3v) is 9.19. The van der Waals surface area contributed by atoms with E-state index in [-0.39, 0.29) is 6.42 Å². The Morgan fingerprint density at radius 2 is 1.76 bits per heavy atom. The predicted octanol–water partition coefficient (Wildman–Crippen LogP) is 4.64. The van der Waals surface area contributed by atoms with E-state index in [4.69, 9.17) is 0 Å². The summed E-state index contributed by atoms with van der Waals surface area (Å²) in [5, 5.41) is 31.4. The maximum atomic E-state index is 13.8. The van der Waals surface area contributed by atoms with Gasteiger partial charge in [0.25, 0.3) is 5.91 Å². The maximum Gasteiger partial charge on any atom is 0.319 e. The van der Waals surface area contributed by atoms with E-state index in [1.165, 1.54) is 16.7 Å². The van der Waals surface area contributed by atoms with Gasteiger partial charge in [-0.2, -0.15) is 0 Å². The number of carbonyl (C=O) groups excluding carboxylic acids is 2. The number of hydrogen-bond donors (Lipinski definition) is 5. The van der Waals surface area contributed by atoms with Gasteiger partial charge in [-0.05, 0) is 62.1 Å². The summed E-state index contributed by atoms with van der Waals surface area (Å²) in [6, 6.07) is 22.4. The Morgan fingerprint density at radius 3 is 2.46 bits per heavy atom. The number of nitrogens with zero attached hydrogens (tertiary/aromatic N) is 1. The minimum Gasteiger partial charge on any atom is -0.381 e. The van der Waals surface area contributed by atoms with Crippen molar-refractivity contribution in [3.63, 3.8) is 0 Å². The summed E-state index contributed by atoms with van der Waals surface area (Å²) < 4.78 is 0.328. The Bertz CT molecular complexity index is 1340. The molecule has 1 heterocycles. The summed E-state index contributed by atoms with van der Waals surface area (Å²) in [6.07, 6.45) is -2.33. The number of aryl methyl sites for hydroxylation is 1. The predicted molar refractivity (Wildman–Crippen MR) is 167 cm³/mol. The van der Waals surface area contributed by atoms with E-state index in [0.717, 1.165) is 21.2 Å². The molecule has 0 saturated carbocycles. The van der Waals surface area contributed by atoms with Crippen LogP contribution in [0.2, 0.25) is 0 Å². The zero-order valence-electron chi connectivity index (χ0n) is 23.4. The number of urea groups is 1. The zero-order chi connectivity index (χ0) is 29.6. The van der Waals surface area contributed by atoms with Gasteiger partial charge in [-0.25, -0.2) is 4.79 Å². The molecule has 1 aliphatic rings. The molecule has 3 aromatic rings. The first kappa shape index (κ1) is 31.1. The minimum absolute atomic E-state index is 0.239. The van der Waals surface area contributed by atoms with Crippen molar-refractivity contribution in [3.8, 4) is 0 Å². The van der Waals surface area contributed by atoms with E-state index >= 15 is 0 Å². The zero-order valence-corrected chi connectivity index (χ0v) is 25.8. The third-order valence-electron chi connectivity index (χ3n) is 7.30. The minimum atomic E-state index is -1.54. The maximum absolute atomic E-state index is 13.8. The molecule has 0 radical (unpaired) electrons. The van der Waals surface area contributed by atoms with Gasteiger partial charge in [0.1, 0.15) is 6.23 Å². The molecule has 4 rings (SSSR count). The van der Waals surface area contributed by atoms with Gasteiger partial charge in [-0.15, -0.1) is 11.8 Å². The number of carbonyl (C=O) groups is 2. The highest BCUT2D eigenvalue weighted by Crippen LogP contribution is 2.41. The van der Waals surface area contributed by atoms with Crippen LogP contribution in [0.3, 0.4) is 0 Å². The number of nitrogens with one attached hydrogen (secondary N) is 3. The Balaban J connectivity index is 1.51. The lowest BCUT2D eigenvalue weighted by atomic mass is 9.96. The van der Waals surface area contributed by atoms with Gasteiger partial charge in [-0.1, -0.05) is 76.6 Å². The lowest BCUT2D eigenvalue weighted by Gasteiger charge is -2.37. The number of hydrogen-bond acceptors (Lipinski definition) is 6. The largest absolute Gasteiger partial charge is 0.381 e. The molecule has 4 atom stereocenters. The SMILES string of the molecule is Cc1ccccc1CNC(O)[C@H]1N(C(=O)[C@@H](O)[C@H](Cc2ccccc2)NC(=O)Nc2cccc(Br)c2)CSC1(C)C. The summed E-state index contributed by atoms with van der Waals surface area (Å²) >= 11 is 4.93. The van der Waals surface area contributed by atoms with E-state index in [1.807, 2.05) is 81.4 Å². The van der Waals surface area contributed by atoms with Crippen LogP contribution in [0.4, 0.5) is 10.5 Å². The first-order valence-corrected chi connectivity index (χ1v) is 15.3. The third kappa shape index (κ3) is 8.11. The molecule has 1 unspecified atom stereocenters. The molecule has 1 aliphatic heterocycles. The van der Waals surface area contributed by atoms with Crippen LogP contribution >= 0.6 is 27.7 Å². The van der Waals surface area contributed by atoms with Gasteiger partial charge < -0.3 is 25.7 Å². The molecule has 218 valence electrons. The van der Waals surface area contributed by atoms with Crippen molar-refractivity contribution in [3.05, 3.63) is 100 Å². The standard InChI is InChI=1S/C31H37BrN4O4S/c1-20-10-7-8-13-22(20)18-33-28(38)27-31(2,3)41-19-36(27)29(39)26(37)25(16-21-11-5-4-6-12-21)35-30(40)34-24-15-9-14-23(32)17-24/h4-15,17,25-28,33,37-38H,16,18-19H2,1-3H3,(H2,34,35,40)/t25-,26-,27+,28?/m0/s1. The van der Waals surface area contributed by atoms with Crippen LogP contribution in [-0.2, 0) is 17.8 Å². The molecule has 3 amide bonds. The summed E-state index contributed by atoms with van der Waals surface area (Å²) in [5.74, 6) is -0.243. The fourth-order valence-corrected chi connectivity index (χ4v) is 6.60. The second kappa shape index (κ2) is 13.8. The van der Waals surface area contributed by atoms with E-state index in [0.29, 0.717) is 18.1 Å². The number of thioether (sulfide) groups is 1. The summed E-state index contributed by atoms with van der Waals surface area (Å²) in [4.78, 5) is 28.3. The quantitative estimate of drug-likeness (QED) is 0.206. The first-order valence-electron chi connectivity index (χ1n) is 13.5. The van der Waals surface area contributed by atoms with Crippen molar-refractivity contribution < 1.29 is 19.8 Å². The van der Waals surface area contributed by atoms with Crippen molar-refractivity contribution in [2.45, 2.75) is 62.9 Å². The van der Waals surface area contributed by atoms with Crippen molar-refractivity contribution in [2.75, 3.05) is 11.2 Å². The highest BCUT2D eigenvalue weighted by Gasteiger charge is 2.49. The average Bonchev–Trinajstić information content (AvgIpc) is 3.26. The summed E-state index contributed by atoms with van der Waals surface area (Å²) in [7, 11) is 0. The van der Waals surface area contributed by atoms with Crippen molar-refractivity contribution in [2.24, 2.45) is 0 Å². The molecule has 5 N–H and O–H groups in total. The van der Waals surface area contributed by atoms with Gasteiger partial charge in [0.15, 0.2) is 6.10 Å². The smallest absolute Gasteiger partial charge is 0.319 e. The number of benzene rings is 3. The number of halogens is 1. The molecular formula is C31H37BrN4O4S. The molecule has 1 fully saturated rings. The molecule has 0 spiro atoms. The Labute approximate surface area is 254 Å². The van der Waals surface area contributed by atoms with Crippen LogP contribution in [0, 0.1) is 6.92 Å². The average molecular weight is 642 g/mol. The fourth-order valence-electron chi connectivity index (χ4n) is 5.02. The Hall–Kier alpha value is -2.89. The highest BCUT2D eigenvalue weighted by molar-refractivity contribution is 9.10. The number of rotatable bonds is 10. The van der Waals surface area contributed by atoms with Gasteiger partial charge in [0, 0.05) is 21.5 Å². The van der Waals surface area contributed by atoms with Gasteiger partial charge in [-0.3, -0.25) is 10.1 Å². The van der Waals surface area contributed by atoms with Crippen LogP contribution in [0.1, 0.15) is 30.5 Å². The van der Waals surface area contributed by atoms with Crippen LogP contribution in [0.15, 0.2) is 83.3 Å². The Kier molecular flexibility index (Phi) is 10.5. The van der Waals surface area contributed by atoms with Crippen LogP contribution in [0.5, 0.6) is 0 Å². The number of amides is 3. The highest BCUT2D eigenvalue weighted by atomic mass is 79.9. The van der Waals surface area contributed by atoms with Crippen LogP contribution < -0.4 is 16.0 Å². The molecule has 0 bridgehead atoms. The molecule has 1 saturated heterocycles. The lowest BCUT2D eigenvalue weighted by Crippen LogP contribution is -2.60. The normalized spacial score (nSPS) is 18.4. The fraction of sp³-hybridized carbons (Fsp3) is 0.355. The van der Waals surface area contributed by atoms with Crippen molar-refractivity contribution in [1.29, 1.82) is 0 Å². The van der Waals surface area contributed by atoms with Gasteiger partial charge >= 0.3 is 6.03 Å². The number of aliphatic hydroxyl groups excluding tert-OH is 2. The number of aliphatic hydroxyl groups is 2. The van der Waals surface area contributed by atoms with Crippen LogP contribution in [0.25, 0.3) is 0 Å². The summed E-state index contributed by atoms with van der Waals surface area (Å²) in [5.41, 5.74) is 3.58. The van der Waals surface area contributed by atoms with Gasteiger partial charge in [0.05, 0.1) is 18.0 Å². The van der Waals surface area contributed by atoms with Crippen molar-refractivity contribution in [1.82, 2.24) is 15.5 Å². The van der Waals surface area contributed by atoms with E-state index in [9.17, 15) is 19.8 Å². The summed E-state index contributed by atoms with van der Waals surface area (Å²) in [6.45, 7) is 6.40. The molecule has 41 heavy (non-hydrogen) atoms. The first-order chi connectivity index (χ1) is 19.5. The second-order valence-electron chi connectivity index (χ2n) is 10.7. The van der Waals surface area contributed by atoms with E-state index < -0.39 is 41.1 Å². The molecule has 0 aromatic heterocycles. The van der Waals surface area contributed by atoms with E-state index in [2.05, 4.69) is 31.9 Å².